The van der Waals surface area contributed by atoms with Crippen molar-refractivity contribution in [3.63, 3.8) is 0 Å². The molecule has 0 bridgehead atoms. The lowest BCUT2D eigenvalue weighted by Gasteiger charge is -2.29. The number of nitrogens with one attached hydrogen (secondary N) is 2. The van der Waals surface area contributed by atoms with Crippen LogP contribution in [0.3, 0.4) is 0 Å². The number of ether oxygens (including phenoxy) is 1. The van der Waals surface area contributed by atoms with Crippen molar-refractivity contribution in [1.82, 2.24) is 15.0 Å². The van der Waals surface area contributed by atoms with E-state index in [1.807, 2.05) is 41.4 Å². The largest absolute Gasteiger partial charge is 0.451 e. The van der Waals surface area contributed by atoms with E-state index in [0.717, 1.165) is 47.7 Å². The lowest BCUT2D eigenvalue weighted by molar-refractivity contribution is -0.137. The van der Waals surface area contributed by atoms with Gasteiger partial charge in [0.1, 0.15) is 5.69 Å². The summed E-state index contributed by atoms with van der Waals surface area (Å²) in [6.07, 6.45) is 4.55. The molecule has 3 aromatic rings. The van der Waals surface area contributed by atoms with Crippen LogP contribution in [0, 0.1) is 5.92 Å². The van der Waals surface area contributed by atoms with Crippen LogP contribution in [0.25, 0.3) is 6.08 Å². The third-order valence-electron chi connectivity index (χ3n) is 6.47. The molecule has 0 radical (unpaired) electrons. The third-order valence-corrected chi connectivity index (χ3v) is 6.95. The molecule has 2 N–H and O–H groups in total. The van der Waals surface area contributed by atoms with Crippen LogP contribution in [0.2, 0.25) is 10.0 Å². The zero-order valence-electron chi connectivity index (χ0n) is 19.9. The lowest BCUT2D eigenvalue weighted by Crippen LogP contribution is -2.35. The van der Waals surface area contributed by atoms with Crippen molar-refractivity contribution in [2.24, 2.45) is 11.0 Å². The Bertz CT molecular complexity index is 1550. The third kappa shape index (κ3) is 5.49. The molecule has 38 heavy (non-hydrogen) atoms. The van der Waals surface area contributed by atoms with E-state index < -0.39 is 35.8 Å². The Morgan fingerprint density at radius 1 is 1.05 bits per heavy atom. The highest BCUT2D eigenvalue weighted by Gasteiger charge is 2.43. The number of amides is 1. The van der Waals surface area contributed by atoms with E-state index in [2.05, 4.69) is 4.98 Å². The summed E-state index contributed by atoms with van der Waals surface area (Å²) in [7, 11) is 0. The molecule has 194 valence electrons. The number of hydrogen-bond donors (Lipinski definition) is 2. The fourth-order valence-electron chi connectivity index (χ4n) is 4.85. The number of aromatic amines is 2. The Labute approximate surface area is 226 Å². The first-order valence-electron chi connectivity index (χ1n) is 11.9. The molecule has 1 amide bonds. The standard InChI is InChI=1S/C27H22Cl2N4O5/c28-18-9-7-16(8-10-18)25-20-6-2-4-17(11-15-3-1-5-19(29)12-15)24(20)32-33(25)23(35)14-38-26(36)21-13-22(34)31-27(37)30-21/h1,3,5,7-13,20,25H,2,4,6,14H2,(H2,30,31,34,37). The van der Waals surface area contributed by atoms with Gasteiger partial charge in [-0.05, 0) is 66.3 Å². The maximum Gasteiger partial charge on any atom is 0.355 e. The first-order chi connectivity index (χ1) is 18.3. The second-order valence-corrected chi connectivity index (χ2v) is 9.89. The van der Waals surface area contributed by atoms with E-state index in [0.29, 0.717) is 10.0 Å². The summed E-state index contributed by atoms with van der Waals surface area (Å²) in [6.45, 7) is -0.630. The van der Waals surface area contributed by atoms with E-state index in [1.54, 1.807) is 18.2 Å². The van der Waals surface area contributed by atoms with Crippen molar-refractivity contribution in [2.75, 3.05) is 6.61 Å². The number of allylic oxidation sites excluding steroid dienone is 1. The zero-order valence-corrected chi connectivity index (χ0v) is 21.5. The molecule has 2 aliphatic rings. The zero-order chi connectivity index (χ0) is 26.8. The van der Waals surface area contributed by atoms with Crippen LogP contribution in [0.15, 0.2) is 74.9 Å². The topological polar surface area (TPSA) is 125 Å². The molecule has 2 atom stereocenters. The minimum atomic E-state index is -1.00. The van der Waals surface area contributed by atoms with Crippen molar-refractivity contribution in [3.8, 4) is 0 Å². The molecule has 1 aliphatic heterocycles. The monoisotopic (exact) mass is 552 g/mol. The van der Waals surface area contributed by atoms with Crippen molar-refractivity contribution in [1.29, 1.82) is 0 Å². The maximum absolute atomic E-state index is 13.4. The Hall–Kier alpha value is -3.95. The molecule has 1 fully saturated rings. The molecule has 9 nitrogen and oxygen atoms in total. The van der Waals surface area contributed by atoms with E-state index in [4.69, 9.17) is 33.0 Å². The van der Waals surface area contributed by atoms with Gasteiger partial charge in [0.15, 0.2) is 6.61 Å². The van der Waals surface area contributed by atoms with Crippen molar-refractivity contribution in [3.05, 3.63) is 108 Å². The predicted octanol–water partition coefficient (Wildman–Crippen LogP) is 4.35. The number of carbonyl (C=O) groups excluding carboxylic acids is 2. The van der Waals surface area contributed by atoms with Crippen molar-refractivity contribution in [2.45, 2.75) is 25.3 Å². The minimum absolute atomic E-state index is 0.0703. The Morgan fingerprint density at radius 2 is 1.84 bits per heavy atom. The van der Waals surface area contributed by atoms with Gasteiger partial charge < -0.3 is 9.72 Å². The van der Waals surface area contributed by atoms with Crippen LogP contribution in [-0.4, -0.2) is 39.2 Å². The fraction of sp³-hybridized carbons (Fsp3) is 0.222. The van der Waals surface area contributed by atoms with Gasteiger partial charge in [0, 0.05) is 22.0 Å². The summed E-state index contributed by atoms with van der Waals surface area (Å²) >= 11 is 12.3. The van der Waals surface area contributed by atoms with Crippen LogP contribution >= 0.6 is 23.2 Å². The van der Waals surface area contributed by atoms with E-state index in [1.165, 1.54) is 5.01 Å². The maximum atomic E-state index is 13.4. The summed E-state index contributed by atoms with van der Waals surface area (Å²) in [6, 6.07) is 15.2. The normalized spacial score (nSPS) is 19.7. The number of rotatable bonds is 5. The number of benzene rings is 2. The molecule has 2 heterocycles. The van der Waals surface area contributed by atoms with Gasteiger partial charge in [0.2, 0.25) is 0 Å². The highest BCUT2D eigenvalue weighted by Crippen LogP contribution is 2.44. The number of fused-ring (bicyclic) bond motifs is 1. The number of hydrogen-bond acceptors (Lipinski definition) is 6. The Morgan fingerprint density at radius 3 is 2.58 bits per heavy atom. The van der Waals surface area contributed by atoms with Crippen LogP contribution in [-0.2, 0) is 9.53 Å². The molecule has 2 unspecified atom stereocenters. The molecular weight excluding hydrogens is 531 g/mol. The number of nitrogens with zero attached hydrogens (tertiary/aromatic N) is 2. The van der Waals surface area contributed by atoms with Gasteiger partial charge in [0.05, 0.1) is 11.8 Å². The molecule has 2 aromatic carbocycles. The van der Waals surface area contributed by atoms with Gasteiger partial charge in [-0.15, -0.1) is 0 Å². The number of hydrazone groups is 1. The van der Waals surface area contributed by atoms with Crippen LogP contribution in [0.5, 0.6) is 0 Å². The van der Waals surface area contributed by atoms with Gasteiger partial charge in [-0.3, -0.25) is 14.6 Å². The van der Waals surface area contributed by atoms with Crippen LogP contribution in [0.4, 0.5) is 0 Å². The number of H-pyrrole nitrogens is 2. The van der Waals surface area contributed by atoms with Gasteiger partial charge in [-0.25, -0.2) is 14.6 Å². The highest BCUT2D eigenvalue weighted by molar-refractivity contribution is 6.31. The average molecular weight is 553 g/mol. The van der Waals surface area contributed by atoms with Crippen molar-refractivity contribution >= 4 is 46.9 Å². The first kappa shape index (κ1) is 25.7. The molecule has 0 spiro atoms. The van der Waals surface area contributed by atoms with Gasteiger partial charge >= 0.3 is 11.7 Å². The molecule has 0 saturated heterocycles. The quantitative estimate of drug-likeness (QED) is 0.455. The summed E-state index contributed by atoms with van der Waals surface area (Å²) in [5, 5.41) is 7.28. The molecule has 1 aliphatic carbocycles. The molecule has 1 saturated carbocycles. The molecule has 11 heteroatoms. The fourth-order valence-corrected chi connectivity index (χ4v) is 5.17. The van der Waals surface area contributed by atoms with Crippen LogP contribution < -0.4 is 11.2 Å². The first-order valence-corrected chi connectivity index (χ1v) is 12.7. The number of aromatic nitrogens is 2. The summed E-state index contributed by atoms with van der Waals surface area (Å²) in [5.41, 5.74) is 1.63. The Kier molecular flexibility index (Phi) is 7.31. The summed E-state index contributed by atoms with van der Waals surface area (Å²) in [4.78, 5) is 52.9. The van der Waals surface area contributed by atoms with Gasteiger partial charge in [-0.2, -0.15) is 5.10 Å². The van der Waals surface area contributed by atoms with Crippen molar-refractivity contribution < 1.29 is 14.3 Å². The summed E-state index contributed by atoms with van der Waals surface area (Å²) in [5.74, 6) is -1.62. The average Bonchev–Trinajstić information content (AvgIpc) is 3.28. The van der Waals surface area contributed by atoms with Gasteiger partial charge in [-0.1, -0.05) is 47.5 Å². The van der Waals surface area contributed by atoms with Gasteiger partial charge in [0.25, 0.3) is 11.5 Å². The smallest absolute Gasteiger partial charge is 0.355 e. The summed E-state index contributed by atoms with van der Waals surface area (Å²) < 4.78 is 5.13. The molecule has 1 aromatic heterocycles. The SMILES string of the molecule is O=C(OCC(=O)N1N=C2C(=Cc3cccc(Cl)c3)CCCC2C1c1ccc(Cl)cc1)c1cc(=O)[nH]c(=O)[nH]1. The molecular formula is C27H22Cl2N4O5. The number of carbonyl (C=O) groups is 2. The Balaban J connectivity index is 1.45. The number of halogens is 2. The van der Waals surface area contributed by atoms with E-state index >= 15 is 0 Å². The number of esters is 1. The van der Waals surface area contributed by atoms with E-state index in [9.17, 15) is 19.2 Å². The van der Waals surface area contributed by atoms with Crippen LogP contribution in [0.1, 0.15) is 46.9 Å². The second-order valence-electron chi connectivity index (χ2n) is 9.02. The predicted molar refractivity (Wildman–Crippen MR) is 143 cm³/mol. The van der Waals surface area contributed by atoms with E-state index in [-0.39, 0.29) is 11.6 Å². The lowest BCUT2D eigenvalue weighted by atomic mass is 9.77. The minimum Gasteiger partial charge on any atom is -0.451 e. The second kappa shape index (κ2) is 10.8. The highest BCUT2D eigenvalue weighted by atomic mass is 35.5. The molecule has 5 rings (SSSR count).